The first-order valence-electron chi connectivity index (χ1n) is 8.86. The fourth-order valence-electron chi connectivity index (χ4n) is 3.47. The van der Waals surface area contributed by atoms with Gasteiger partial charge in [0.15, 0.2) is 0 Å². The molecule has 1 heterocycles. The van der Waals surface area contributed by atoms with Crippen LogP contribution >= 0.6 is 11.6 Å². The van der Waals surface area contributed by atoms with Gasteiger partial charge in [-0.25, -0.2) is 0 Å². The summed E-state index contributed by atoms with van der Waals surface area (Å²) in [6, 6.07) is 12.9. The predicted molar refractivity (Wildman–Crippen MR) is 105 cm³/mol. The number of hydrogen-bond acceptors (Lipinski definition) is 2. The van der Waals surface area contributed by atoms with E-state index in [0.717, 1.165) is 29.7 Å². The van der Waals surface area contributed by atoms with Gasteiger partial charge in [-0.3, -0.25) is 9.59 Å². The fraction of sp³-hybridized carbons (Fsp3) is 0.333. The molecular formula is C21H23ClN2O2. The van der Waals surface area contributed by atoms with Crippen molar-refractivity contribution in [2.24, 2.45) is 5.92 Å². The molecule has 0 aromatic heterocycles. The zero-order valence-electron chi connectivity index (χ0n) is 15.1. The maximum absolute atomic E-state index is 12.7. The summed E-state index contributed by atoms with van der Waals surface area (Å²) in [5.74, 6) is -0.303. The van der Waals surface area contributed by atoms with E-state index in [2.05, 4.69) is 11.4 Å². The second-order valence-electron chi connectivity index (χ2n) is 6.97. The molecule has 0 unspecified atom stereocenters. The third-order valence-electron chi connectivity index (χ3n) is 4.64. The maximum atomic E-state index is 12.7. The first-order valence-corrected chi connectivity index (χ1v) is 9.24. The van der Waals surface area contributed by atoms with Crippen molar-refractivity contribution in [2.45, 2.75) is 26.7 Å². The molecule has 4 nitrogen and oxygen atoms in total. The van der Waals surface area contributed by atoms with E-state index in [-0.39, 0.29) is 17.7 Å². The molecular weight excluding hydrogens is 348 g/mol. The number of rotatable bonds is 3. The first-order chi connectivity index (χ1) is 12.4. The molecule has 1 aliphatic heterocycles. The topological polar surface area (TPSA) is 49.4 Å². The molecule has 26 heavy (non-hydrogen) atoms. The zero-order valence-corrected chi connectivity index (χ0v) is 15.8. The van der Waals surface area contributed by atoms with Crippen molar-refractivity contribution in [3.05, 3.63) is 64.2 Å². The summed E-state index contributed by atoms with van der Waals surface area (Å²) in [5, 5.41) is 3.54. The van der Waals surface area contributed by atoms with Crippen molar-refractivity contribution in [1.29, 1.82) is 0 Å². The lowest BCUT2D eigenvalue weighted by Crippen LogP contribution is -2.43. The number of piperidine rings is 1. The summed E-state index contributed by atoms with van der Waals surface area (Å²) in [5.41, 5.74) is 3.60. The number of carbonyl (C=O) groups is 2. The van der Waals surface area contributed by atoms with Gasteiger partial charge >= 0.3 is 0 Å². The molecule has 0 aliphatic carbocycles. The Labute approximate surface area is 159 Å². The summed E-state index contributed by atoms with van der Waals surface area (Å²) in [6.07, 6.45) is 1.60. The number of anilines is 1. The average Bonchev–Trinajstić information content (AvgIpc) is 2.60. The summed E-state index contributed by atoms with van der Waals surface area (Å²) >= 11 is 5.99. The van der Waals surface area contributed by atoms with Crippen LogP contribution in [0.5, 0.6) is 0 Å². The monoisotopic (exact) mass is 370 g/mol. The van der Waals surface area contributed by atoms with Gasteiger partial charge in [-0.15, -0.1) is 0 Å². The largest absolute Gasteiger partial charge is 0.338 e. The molecule has 5 heteroatoms. The van der Waals surface area contributed by atoms with Crippen LogP contribution in [0.1, 0.15) is 34.3 Å². The third-order valence-corrected chi connectivity index (χ3v) is 4.88. The molecule has 0 spiro atoms. The van der Waals surface area contributed by atoms with Crippen molar-refractivity contribution in [3.63, 3.8) is 0 Å². The number of likely N-dealkylation sites (tertiary alicyclic amines) is 1. The minimum Gasteiger partial charge on any atom is -0.338 e. The van der Waals surface area contributed by atoms with E-state index in [1.807, 2.05) is 26.0 Å². The standard InChI is InChI=1S/C21H23ClN2O2/c1-14-9-15(2)11-19(10-14)23-20(25)17-6-4-8-24(13-17)21(26)16-5-3-7-18(22)12-16/h3,5,7,9-12,17H,4,6,8,13H2,1-2H3,(H,23,25)/t17-/m1/s1. The minimum absolute atomic E-state index is 0.0291. The van der Waals surface area contributed by atoms with Crippen LogP contribution in [0.2, 0.25) is 5.02 Å². The van der Waals surface area contributed by atoms with Crippen LogP contribution in [-0.2, 0) is 4.79 Å². The zero-order chi connectivity index (χ0) is 18.7. The van der Waals surface area contributed by atoms with E-state index < -0.39 is 0 Å². The van der Waals surface area contributed by atoms with Crippen LogP contribution in [0.25, 0.3) is 0 Å². The number of nitrogens with one attached hydrogen (secondary N) is 1. The molecule has 1 aliphatic rings. The smallest absolute Gasteiger partial charge is 0.253 e. The molecule has 1 fully saturated rings. The highest BCUT2D eigenvalue weighted by Gasteiger charge is 2.29. The molecule has 3 rings (SSSR count). The SMILES string of the molecule is Cc1cc(C)cc(NC(=O)[C@@H]2CCCN(C(=O)c3cccc(Cl)c3)C2)c1. The number of hydrogen-bond donors (Lipinski definition) is 1. The number of carbonyl (C=O) groups excluding carboxylic acids is 2. The Bertz CT molecular complexity index is 814. The van der Waals surface area contributed by atoms with Gasteiger partial charge in [-0.05, 0) is 68.1 Å². The van der Waals surface area contributed by atoms with Gasteiger partial charge in [0, 0.05) is 29.4 Å². The van der Waals surface area contributed by atoms with Gasteiger partial charge in [-0.1, -0.05) is 23.7 Å². The van der Waals surface area contributed by atoms with Gasteiger partial charge in [0.2, 0.25) is 5.91 Å². The van der Waals surface area contributed by atoms with E-state index in [1.54, 1.807) is 29.2 Å². The van der Waals surface area contributed by atoms with Crippen molar-refractivity contribution in [3.8, 4) is 0 Å². The molecule has 2 aromatic carbocycles. The highest BCUT2D eigenvalue weighted by molar-refractivity contribution is 6.30. The fourth-order valence-corrected chi connectivity index (χ4v) is 3.66. The second-order valence-corrected chi connectivity index (χ2v) is 7.40. The second kappa shape index (κ2) is 7.92. The number of nitrogens with zero attached hydrogens (tertiary/aromatic N) is 1. The van der Waals surface area contributed by atoms with Crippen LogP contribution in [0.15, 0.2) is 42.5 Å². The third kappa shape index (κ3) is 4.44. The Balaban J connectivity index is 1.67. The van der Waals surface area contributed by atoms with Crippen LogP contribution in [0.3, 0.4) is 0 Å². The van der Waals surface area contributed by atoms with E-state index >= 15 is 0 Å². The normalized spacial score (nSPS) is 17.0. The molecule has 1 saturated heterocycles. The van der Waals surface area contributed by atoms with Crippen LogP contribution < -0.4 is 5.32 Å². The lowest BCUT2D eigenvalue weighted by Gasteiger charge is -2.32. The van der Waals surface area contributed by atoms with Gasteiger partial charge in [-0.2, -0.15) is 0 Å². The quantitative estimate of drug-likeness (QED) is 0.867. The van der Waals surface area contributed by atoms with Gasteiger partial charge in [0.25, 0.3) is 5.91 Å². The maximum Gasteiger partial charge on any atom is 0.253 e. The van der Waals surface area contributed by atoms with Crippen molar-refractivity contribution in [2.75, 3.05) is 18.4 Å². The van der Waals surface area contributed by atoms with E-state index in [9.17, 15) is 9.59 Å². The molecule has 1 atom stereocenters. The molecule has 0 radical (unpaired) electrons. The van der Waals surface area contributed by atoms with E-state index in [4.69, 9.17) is 11.6 Å². The molecule has 0 saturated carbocycles. The Morgan fingerprint density at radius 3 is 2.54 bits per heavy atom. The van der Waals surface area contributed by atoms with Crippen LogP contribution in [0.4, 0.5) is 5.69 Å². The van der Waals surface area contributed by atoms with Crippen molar-refractivity contribution >= 4 is 29.1 Å². The Hall–Kier alpha value is -2.33. The number of halogens is 1. The predicted octanol–water partition coefficient (Wildman–Crippen LogP) is 4.45. The highest BCUT2D eigenvalue weighted by atomic mass is 35.5. The van der Waals surface area contributed by atoms with Crippen molar-refractivity contribution < 1.29 is 9.59 Å². The Kier molecular flexibility index (Phi) is 5.62. The highest BCUT2D eigenvalue weighted by Crippen LogP contribution is 2.22. The molecule has 136 valence electrons. The number of amides is 2. The molecule has 2 amide bonds. The summed E-state index contributed by atoms with van der Waals surface area (Å²) < 4.78 is 0. The Morgan fingerprint density at radius 1 is 1.12 bits per heavy atom. The average molecular weight is 371 g/mol. The minimum atomic E-state index is -0.201. The molecule has 0 bridgehead atoms. The van der Waals surface area contributed by atoms with Crippen molar-refractivity contribution in [1.82, 2.24) is 4.90 Å². The number of benzene rings is 2. The molecule has 1 N–H and O–H groups in total. The van der Waals surface area contributed by atoms with Gasteiger partial charge in [0.05, 0.1) is 5.92 Å². The molecule has 2 aromatic rings. The van der Waals surface area contributed by atoms with Gasteiger partial charge in [0.1, 0.15) is 0 Å². The Morgan fingerprint density at radius 2 is 1.85 bits per heavy atom. The van der Waals surface area contributed by atoms with E-state index in [0.29, 0.717) is 23.7 Å². The summed E-state index contributed by atoms with van der Waals surface area (Å²) in [4.78, 5) is 27.1. The lowest BCUT2D eigenvalue weighted by atomic mass is 9.96. The first kappa shape index (κ1) is 18.5. The summed E-state index contributed by atoms with van der Waals surface area (Å²) in [6.45, 7) is 5.12. The summed E-state index contributed by atoms with van der Waals surface area (Å²) in [7, 11) is 0. The van der Waals surface area contributed by atoms with E-state index in [1.165, 1.54) is 0 Å². The lowest BCUT2D eigenvalue weighted by molar-refractivity contribution is -0.121. The number of aryl methyl sites for hydroxylation is 2. The van der Waals surface area contributed by atoms with Crippen LogP contribution in [-0.4, -0.2) is 29.8 Å². The van der Waals surface area contributed by atoms with Crippen LogP contribution in [0, 0.1) is 19.8 Å². The van der Waals surface area contributed by atoms with Gasteiger partial charge < -0.3 is 10.2 Å².